The van der Waals surface area contributed by atoms with Crippen LogP contribution in [0, 0.1) is 0 Å². The van der Waals surface area contributed by atoms with Crippen LogP contribution >= 0.6 is 0 Å². The molecule has 0 saturated carbocycles. The lowest BCUT2D eigenvalue weighted by atomic mass is 10.1. The van der Waals surface area contributed by atoms with Crippen molar-refractivity contribution in [3.8, 4) is 17.0 Å². The highest BCUT2D eigenvalue weighted by atomic mass is 32.2. The summed E-state index contributed by atoms with van der Waals surface area (Å²) >= 11 is 0. The Hall–Kier alpha value is -3.78. The number of amides is 1. The van der Waals surface area contributed by atoms with Gasteiger partial charge in [0.2, 0.25) is 15.9 Å². The minimum atomic E-state index is -3.45. The van der Waals surface area contributed by atoms with Gasteiger partial charge in [0.05, 0.1) is 18.6 Å². The summed E-state index contributed by atoms with van der Waals surface area (Å²) in [6.07, 6.45) is 0. The first-order valence-electron chi connectivity index (χ1n) is 10.5. The van der Waals surface area contributed by atoms with Gasteiger partial charge in [0.1, 0.15) is 12.3 Å². The summed E-state index contributed by atoms with van der Waals surface area (Å²) in [5, 5.41) is 3.94. The fraction of sp³-hybridized carbons (Fsp3) is 0.160. The Balaban J connectivity index is 1.60. The third kappa shape index (κ3) is 5.01. The first-order valence-corrected chi connectivity index (χ1v) is 12.2. The standard InChI is InChI=1S/C25H25N3O4S/c1-3-33(30,31)27-21-14-13-20(16-24(21)32-2)26-25(29)17-28-22-12-8-7-11-19(22)15-23(28)18-9-5-4-6-10-18/h4-16,27H,3,17H2,1-2H3,(H,26,29). The number of sulfonamides is 1. The number of anilines is 2. The molecule has 0 saturated heterocycles. The van der Waals surface area contributed by atoms with Crippen LogP contribution in [0.1, 0.15) is 6.92 Å². The molecule has 1 amide bonds. The normalized spacial score (nSPS) is 11.3. The summed E-state index contributed by atoms with van der Waals surface area (Å²) in [7, 11) is -2.00. The van der Waals surface area contributed by atoms with E-state index >= 15 is 0 Å². The Morgan fingerprint density at radius 1 is 0.970 bits per heavy atom. The summed E-state index contributed by atoms with van der Waals surface area (Å²) in [5.41, 5.74) is 3.77. The van der Waals surface area contributed by atoms with Crippen molar-refractivity contribution in [2.75, 3.05) is 22.9 Å². The van der Waals surface area contributed by atoms with E-state index in [0.717, 1.165) is 22.2 Å². The van der Waals surface area contributed by atoms with E-state index in [1.807, 2.05) is 59.2 Å². The smallest absolute Gasteiger partial charge is 0.244 e. The molecule has 0 aliphatic heterocycles. The van der Waals surface area contributed by atoms with Crippen LogP contribution in [-0.2, 0) is 21.4 Å². The number of benzene rings is 3. The maximum absolute atomic E-state index is 13.0. The topological polar surface area (TPSA) is 89.4 Å². The third-order valence-electron chi connectivity index (χ3n) is 5.31. The van der Waals surface area contributed by atoms with Gasteiger partial charge >= 0.3 is 0 Å². The molecule has 1 aromatic heterocycles. The number of nitrogens with zero attached hydrogens (tertiary/aromatic N) is 1. The molecule has 170 valence electrons. The molecule has 0 aliphatic carbocycles. The lowest BCUT2D eigenvalue weighted by Crippen LogP contribution is -2.19. The molecule has 2 N–H and O–H groups in total. The van der Waals surface area contributed by atoms with Crippen molar-refractivity contribution < 1.29 is 17.9 Å². The molecule has 7 nitrogen and oxygen atoms in total. The van der Waals surface area contributed by atoms with E-state index in [-0.39, 0.29) is 18.2 Å². The van der Waals surface area contributed by atoms with Crippen LogP contribution in [0.5, 0.6) is 5.75 Å². The predicted molar refractivity (Wildman–Crippen MR) is 132 cm³/mol. The summed E-state index contributed by atoms with van der Waals surface area (Å²) in [5.74, 6) is 0.0575. The van der Waals surface area contributed by atoms with Crippen molar-refractivity contribution in [3.05, 3.63) is 78.9 Å². The van der Waals surface area contributed by atoms with Crippen LogP contribution in [0.15, 0.2) is 78.9 Å². The summed E-state index contributed by atoms with van der Waals surface area (Å²) < 4.78 is 33.6. The number of methoxy groups -OCH3 is 1. The zero-order chi connectivity index (χ0) is 23.4. The molecule has 0 aliphatic rings. The van der Waals surface area contributed by atoms with E-state index in [0.29, 0.717) is 17.1 Å². The number of aromatic nitrogens is 1. The number of rotatable bonds is 8. The third-order valence-corrected chi connectivity index (χ3v) is 6.60. The van der Waals surface area contributed by atoms with Crippen LogP contribution in [0.2, 0.25) is 0 Å². The highest BCUT2D eigenvalue weighted by molar-refractivity contribution is 7.92. The highest BCUT2D eigenvalue weighted by Crippen LogP contribution is 2.30. The van der Waals surface area contributed by atoms with Crippen LogP contribution in [0.4, 0.5) is 11.4 Å². The van der Waals surface area contributed by atoms with Crippen LogP contribution in [0.3, 0.4) is 0 Å². The second kappa shape index (κ2) is 9.38. The molecule has 0 radical (unpaired) electrons. The van der Waals surface area contributed by atoms with E-state index in [1.165, 1.54) is 7.11 Å². The molecule has 33 heavy (non-hydrogen) atoms. The highest BCUT2D eigenvalue weighted by Gasteiger charge is 2.15. The van der Waals surface area contributed by atoms with Gasteiger partial charge in [-0.25, -0.2) is 8.42 Å². The molecule has 4 aromatic rings. The van der Waals surface area contributed by atoms with Gasteiger partial charge in [-0.2, -0.15) is 0 Å². The van der Waals surface area contributed by atoms with Crippen LogP contribution < -0.4 is 14.8 Å². The number of carbonyl (C=O) groups excluding carboxylic acids is 1. The Bertz CT molecular complexity index is 1400. The van der Waals surface area contributed by atoms with Crippen molar-refractivity contribution in [2.45, 2.75) is 13.5 Å². The Morgan fingerprint density at radius 2 is 1.70 bits per heavy atom. The average molecular weight is 464 g/mol. The van der Waals surface area contributed by atoms with Crippen LogP contribution in [0.25, 0.3) is 22.2 Å². The number of hydrogen-bond acceptors (Lipinski definition) is 4. The number of hydrogen-bond donors (Lipinski definition) is 2. The lowest BCUT2D eigenvalue weighted by Gasteiger charge is -2.14. The first-order chi connectivity index (χ1) is 15.9. The number of carbonyl (C=O) groups is 1. The second-order valence-corrected chi connectivity index (χ2v) is 9.52. The van der Waals surface area contributed by atoms with Gasteiger partial charge in [0.15, 0.2) is 0 Å². The number of fused-ring (bicyclic) bond motifs is 1. The van der Waals surface area contributed by atoms with Crippen molar-refractivity contribution in [1.29, 1.82) is 0 Å². The molecule has 0 bridgehead atoms. The molecule has 0 unspecified atom stereocenters. The van der Waals surface area contributed by atoms with Gasteiger partial charge < -0.3 is 14.6 Å². The van der Waals surface area contributed by atoms with Gasteiger partial charge in [-0.3, -0.25) is 9.52 Å². The second-order valence-electron chi connectivity index (χ2n) is 7.51. The van der Waals surface area contributed by atoms with Crippen molar-refractivity contribution in [2.24, 2.45) is 0 Å². The largest absolute Gasteiger partial charge is 0.494 e. The quantitative estimate of drug-likeness (QED) is 0.396. The average Bonchev–Trinajstić information content (AvgIpc) is 3.18. The summed E-state index contributed by atoms with van der Waals surface area (Å²) in [4.78, 5) is 13.0. The Labute approximate surface area is 193 Å². The lowest BCUT2D eigenvalue weighted by molar-refractivity contribution is -0.116. The van der Waals surface area contributed by atoms with Crippen molar-refractivity contribution in [3.63, 3.8) is 0 Å². The van der Waals surface area contributed by atoms with Crippen molar-refractivity contribution >= 4 is 38.2 Å². The fourth-order valence-corrected chi connectivity index (χ4v) is 4.31. The molecule has 3 aromatic carbocycles. The first kappa shape index (κ1) is 22.4. The van der Waals surface area contributed by atoms with E-state index in [4.69, 9.17) is 4.74 Å². The predicted octanol–water partition coefficient (Wildman–Crippen LogP) is 4.72. The van der Waals surface area contributed by atoms with E-state index in [9.17, 15) is 13.2 Å². The molecular formula is C25H25N3O4S. The van der Waals surface area contributed by atoms with Gasteiger partial charge in [0, 0.05) is 28.4 Å². The molecule has 8 heteroatoms. The molecule has 1 heterocycles. The number of nitrogens with one attached hydrogen (secondary N) is 2. The van der Waals surface area contributed by atoms with Crippen molar-refractivity contribution in [1.82, 2.24) is 4.57 Å². The monoisotopic (exact) mass is 463 g/mol. The minimum absolute atomic E-state index is 0.0524. The molecule has 0 fully saturated rings. The molecular weight excluding hydrogens is 438 g/mol. The van der Waals surface area contributed by atoms with Gasteiger partial charge in [0.25, 0.3) is 0 Å². The Morgan fingerprint density at radius 3 is 2.42 bits per heavy atom. The Kier molecular flexibility index (Phi) is 6.37. The summed E-state index contributed by atoms with van der Waals surface area (Å²) in [6, 6.07) is 24.8. The fourth-order valence-electron chi connectivity index (χ4n) is 3.67. The van der Waals surface area contributed by atoms with E-state index in [2.05, 4.69) is 16.1 Å². The number of para-hydroxylation sites is 1. The molecule has 4 rings (SSSR count). The number of ether oxygens (including phenoxy) is 1. The SMILES string of the molecule is CCS(=O)(=O)Nc1ccc(NC(=O)Cn2c(-c3ccccc3)cc3ccccc32)cc1OC. The zero-order valence-corrected chi connectivity index (χ0v) is 19.2. The molecule has 0 atom stereocenters. The summed E-state index contributed by atoms with van der Waals surface area (Å²) in [6.45, 7) is 1.67. The van der Waals surface area contributed by atoms with Crippen LogP contribution in [-0.4, -0.2) is 31.8 Å². The van der Waals surface area contributed by atoms with E-state index < -0.39 is 10.0 Å². The molecule has 0 spiro atoms. The van der Waals surface area contributed by atoms with Gasteiger partial charge in [-0.15, -0.1) is 0 Å². The van der Waals surface area contributed by atoms with Gasteiger partial charge in [-0.1, -0.05) is 48.5 Å². The maximum Gasteiger partial charge on any atom is 0.244 e. The van der Waals surface area contributed by atoms with Gasteiger partial charge in [-0.05, 0) is 36.8 Å². The van der Waals surface area contributed by atoms with E-state index in [1.54, 1.807) is 25.1 Å². The zero-order valence-electron chi connectivity index (χ0n) is 18.4. The maximum atomic E-state index is 13.0. The minimum Gasteiger partial charge on any atom is -0.494 e.